The van der Waals surface area contributed by atoms with Crippen molar-refractivity contribution in [3.8, 4) is 5.75 Å². The lowest BCUT2D eigenvalue weighted by atomic mass is 9.93. The van der Waals surface area contributed by atoms with Gasteiger partial charge in [0.2, 0.25) is 5.82 Å². The summed E-state index contributed by atoms with van der Waals surface area (Å²) in [5.74, 6) is 1.90. The van der Waals surface area contributed by atoms with Crippen molar-refractivity contribution in [3.05, 3.63) is 35.7 Å². The first-order valence-electron chi connectivity index (χ1n) is 11.4. The molecule has 0 spiro atoms. The van der Waals surface area contributed by atoms with Gasteiger partial charge in [0.25, 0.3) is 0 Å². The quantitative estimate of drug-likeness (QED) is 0.702. The van der Waals surface area contributed by atoms with Crippen molar-refractivity contribution in [2.75, 3.05) is 33.3 Å². The Hall–Kier alpha value is -1.99. The molecule has 7 nitrogen and oxygen atoms in total. The van der Waals surface area contributed by atoms with E-state index in [1.807, 2.05) is 21.7 Å². The Kier molecular flexibility index (Phi) is 6.77. The zero-order valence-corrected chi connectivity index (χ0v) is 17.9. The van der Waals surface area contributed by atoms with Gasteiger partial charge in [-0.1, -0.05) is 25.5 Å². The number of benzene rings is 1. The number of piperazine rings is 1. The average molecular weight is 401 g/mol. The van der Waals surface area contributed by atoms with Crippen LogP contribution in [0.15, 0.2) is 24.3 Å². The third-order valence-electron chi connectivity index (χ3n) is 6.98. The molecule has 158 valence electrons. The maximum Gasteiger partial charge on any atom is 0.209 e. The van der Waals surface area contributed by atoms with Crippen LogP contribution >= 0.6 is 0 Å². The zero-order chi connectivity index (χ0) is 20.1. The highest BCUT2D eigenvalue weighted by Gasteiger charge is 2.35. The van der Waals surface area contributed by atoms with Crippen LogP contribution in [0.3, 0.4) is 0 Å². The summed E-state index contributed by atoms with van der Waals surface area (Å²) in [5.41, 5.74) is 1.19. The molecule has 1 aromatic heterocycles. The molecule has 1 atom stereocenters. The molecule has 1 saturated carbocycles. The van der Waals surface area contributed by atoms with Crippen LogP contribution in [0.1, 0.15) is 62.9 Å². The van der Waals surface area contributed by atoms with Crippen LogP contribution in [0.4, 0.5) is 0 Å². The molecule has 1 aliphatic heterocycles. The summed E-state index contributed by atoms with van der Waals surface area (Å²) >= 11 is 0. The molecule has 0 radical (unpaired) electrons. The smallest absolute Gasteiger partial charge is 0.209 e. The van der Waals surface area contributed by atoms with Crippen LogP contribution in [0.2, 0.25) is 0 Å². The minimum Gasteiger partial charge on any atom is -0.497 e. The first kappa shape index (κ1) is 20.3. The second-order valence-electron chi connectivity index (χ2n) is 8.66. The molecular weight excluding hydrogens is 364 g/mol. The van der Waals surface area contributed by atoms with E-state index in [-0.39, 0.29) is 0 Å². The van der Waals surface area contributed by atoms with Gasteiger partial charge in [0, 0.05) is 6.42 Å². The Morgan fingerprint density at radius 2 is 1.79 bits per heavy atom. The molecule has 2 heterocycles. The van der Waals surface area contributed by atoms with E-state index in [9.17, 15) is 0 Å². The van der Waals surface area contributed by atoms with Crippen LogP contribution in [0.5, 0.6) is 5.75 Å². The molecule has 7 heteroatoms. The number of methoxy groups -OCH3 is 1. The van der Waals surface area contributed by atoms with Gasteiger partial charge in [-0.15, -0.1) is 5.10 Å². The third-order valence-corrected chi connectivity index (χ3v) is 6.98. The monoisotopic (exact) mass is 400 g/mol. The Labute approximate surface area is 174 Å². The molecule has 1 saturated heterocycles. The fourth-order valence-electron chi connectivity index (χ4n) is 5.29. The molecule has 1 aliphatic carbocycles. The summed E-state index contributed by atoms with van der Waals surface area (Å²) < 4.78 is 7.25. The van der Waals surface area contributed by atoms with Crippen molar-refractivity contribution in [3.63, 3.8) is 0 Å². The number of nitrogens with one attached hydrogen (secondary N) is 2. The number of hydrogen-bond donors (Lipinski definition) is 2. The molecule has 29 heavy (non-hydrogen) atoms. The number of quaternary nitrogens is 2. The molecule has 2 fully saturated rings. The zero-order valence-electron chi connectivity index (χ0n) is 17.9. The number of rotatable bonds is 7. The van der Waals surface area contributed by atoms with E-state index in [0.29, 0.717) is 12.6 Å². The van der Waals surface area contributed by atoms with Crippen LogP contribution < -0.4 is 14.5 Å². The lowest BCUT2D eigenvalue weighted by molar-refractivity contribution is -1.04. The lowest BCUT2D eigenvalue weighted by Gasteiger charge is -2.38. The van der Waals surface area contributed by atoms with Gasteiger partial charge in [-0.05, 0) is 53.8 Å². The highest BCUT2D eigenvalue weighted by atomic mass is 16.5. The minimum atomic E-state index is 0.371. The standard InChI is InChI=1S/C22H34N6O/c1-3-21(27-15-13-26(14-16-27)19-7-5-4-6-8-19)22-23-24-25-28(22)17-18-9-11-20(29-2)12-10-18/h9-12,19,21H,3-8,13-17H2,1-2H3/p+2/t21-/m0/s1. The SMILES string of the molecule is CC[C@@H](c1nnnn1Cc1ccc(OC)cc1)[NH+]1CC[NH+](C2CCCCC2)CC1. The summed E-state index contributed by atoms with van der Waals surface area (Å²) in [6.07, 6.45) is 8.24. The van der Waals surface area contributed by atoms with Crippen molar-refractivity contribution in [1.29, 1.82) is 0 Å². The molecule has 0 unspecified atom stereocenters. The van der Waals surface area contributed by atoms with Crippen molar-refractivity contribution in [1.82, 2.24) is 20.2 Å². The van der Waals surface area contributed by atoms with E-state index in [4.69, 9.17) is 4.74 Å². The maximum atomic E-state index is 5.26. The van der Waals surface area contributed by atoms with Gasteiger partial charge in [-0.3, -0.25) is 0 Å². The maximum absolute atomic E-state index is 5.26. The van der Waals surface area contributed by atoms with E-state index in [1.165, 1.54) is 63.8 Å². The van der Waals surface area contributed by atoms with Gasteiger partial charge < -0.3 is 14.5 Å². The molecule has 0 bridgehead atoms. The number of hydrogen-bond acceptors (Lipinski definition) is 4. The molecule has 2 aromatic rings. The van der Waals surface area contributed by atoms with Gasteiger partial charge in [0.15, 0.2) is 0 Å². The molecule has 1 aromatic carbocycles. The Bertz CT molecular complexity index is 747. The average Bonchev–Trinajstić information content (AvgIpc) is 3.24. The van der Waals surface area contributed by atoms with E-state index in [1.54, 1.807) is 12.0 Å². The number of nitrogens with zero attached hydrogens (tertiary/aromatic N) is 4. The van der Waals surface area contributed by atoms with E-state index in [0.717, 1.165) is 24.0 Å². The minimum absolute atomic E-state index is 0.371. The topological polar surface area (TPSA) is 61.7 Å². The van der Waals surface area contributed by atoms with Crippen LogP contribution in [-0.4, -0.2) is 59.5 Å². The first-order valence-corrected chi connectivity index (χ1v) is 11.4. The Balaban J connectivity index is 1.40. The van der Waals surface area contributed by atoms with Crippen molar-refractivity contribution in [2.24, 2.45) is 0 Å². The largest absolute Gasteiger partial charge is 0.497 e. The fourth-order valence-corrected chi connectivity index (χ4v) is 5.29. The highest BCUT2D eigenvalue weighted by molar-refractivity contribution is 5.27. The summed E-state index contributed by atoms with van der Waals surface area (Å²) in [4.78, 5) is 3.50. The van der Waals surface area contributed by atoms with Crippen LogP contribution in [0, 0.1) is 0 Å². The molecule has 0 amide bonds. The number of tetrazole rings is 1. The van der Waals surface area contributed by atoms with Crippen LogP contribution in [-0.2, 0) is 6.54 Å². The molecular formula is C22H36N6O+2. The number of ether oxygens (including phenoxy) is 1. The van der Waals surface area contributed by atoms with Crippen molar-refractivity contribution in [2.45, 2.75) is 64.1 Å². The van der Waals surface area contributed by atoms with E-state index < -0.39 is 0 Å². The van der Waals surface area contributed by atoms with Crippen molar-refractivity contribution >= 4 is 0 Å². The summed E-state index contributed by atoms with van der Waals surface area (Å²) in [5, 5.41) is 12.8. The summed E-state index contributed by atoms with van der Waals surface area (Å²) in [6.45, 7) is 7.99. The Morgan fingerprint density at radius 1 is 1.07 bits per heavy atom. The second kappa shape index (κ2) is 9.67. The molecule has 4 rings (SSSR count). The summed E-state index contributed by atoms with van der Waals surface area (Å²) in [6, 6.07) is 9.45. The third kappa shape index (κ3) is 4.78. The normalized spacial score (nSPS) is 24.3. The van der Waals surface area contributed by atoms with E-state index >= 15 is 0 Å². The van der Waals surface area contributed by atoms with Crippen molar-refractivity contribution < 1.29 is 14.5 Å². The summed E-state index contributed by atoms with van der Waals surface area (Å²) in [7, 11) is 1.69. The second-order valence-corrected chi connectivity index (χ2v) is 8.66. The molecule has 2 N–H and O–H groups in total. The van der Waals surface area contributed by atoms with Gasteiger partial charge in [0.1, 0.15) is 38.0 Å². The first-order chi connectivity index (χ1) is 14.3. The van der Waals surface area contributed by atoms with E-state index in [2.05, 4.69) is 34.6 Å². The van der Waals surface area contributed by atoms with Crippen LogP contribution in [0.25, 0.3) is 0 Å². The van der Waals surface area contributed by atoms with Gasteiger partial charge >= 0.3 is 0 Å². The van der Waals surface area contributed by atoms with Gasteiger partial charge in [0.05, 0.1) is 19.7 Å². The number of aromatic nitrogens is 4. The predicted molar refractivity (Wildman–Crippen MR) is 111 cm³/mol. The van der Waals surface area contributed by atoms with Gasteiger partial charge in [-0.25, -0.2) is 4.68 Å². The molecule has 2 aliphatic rings. The fraction of sp³-hybridized carbons (Fsp3) is 0.682. The highest BCUT2D eigenvalue weighted by Crippen LogP contribution is 2.16. The predicted octanol–water partition coefficient (Wildman–Crippen LogP) is 0.297. The Morgan fingerprint density at radius 3 is 2.45 bits per heavy atom. The van der Waals surface area contributed by atoms with Gasteiger partial charge in [-0.2, -0.15) is 0 Å². The lowest BCUT2D eigenvalue weighted by Crippen LogP contribution is -3.29.